The normalized spacial score (nSPS) is 19.0. The molecule has 0 unspecified atom stereocenters. The SMILES string of the molecule is COc1cc(OC2CCN(C)CC2)c2c(c1)[N+](=O)CN(COC(=O)C(C)(C)C)C2. The van der Waals surface area contributed by atoms with Crippen molar-refractivity contribution in [3.05, 3.63) is 22.6 Å². The van der Waals surface area contributed by atoms with Gasteiger partial charge in [0, 0.05) is 30.6 Å². The predicted octanol–water partition coefficient (Wildman–Crippen LogP) is 2.90. The molecule has 0 atom stereocenters. The molecule has 8 nitrogen and oxygen atoms in total. The molecular formula is C21H32N3O5+. The van der Waals surface area contributed by atoms with Crippen LogP contribution in [-0.2, 0) is 16.1 Å². The molecular weight excluding hydrogens is 374 g/mol. The summed E-state index contributed by atoms with van der Waals surface area (Å²) in [7, 11) is 3.69. The maximum Gasteiger partial charge on any atom is 0.312 e. The van der Waals surface area contributed by atoms with Crippen LogP contribution < -0.4 is 9.47 Å². The van der Waals surface area contributed by atoms with Crippen molar-refractivity contribution in [1.29, 1.82) is 0 Å². The number of hydrogen-bond acceptors (Lipinski definition) is 7. The molecule has 1 aromatic rings. The Bertz CT molecular complexity index is 766. The van der Waals surface area contributed by atoms with Gasteiger partial charge in [0.1, 0.15) is 24.3 Å². The number of nitrogens with zero attached hydrogens (tertiary/aromatic N) is 3. The lowest BCUT2D eigenvalue weighted by atomic mass is 9.97. The Kier molecular flexibility index (Phi) is 6.43. The highest BCUT2D eigenvalue weighted by Gasteiger charge is 2.35. The van der Waals surface area contributed by atoms with Gasteiger partial charge in [-0.15, -0.1) is 0 Å². The van der Waals surface area contributed by atoms with Gasteiger partial charge >= 0.3 is 5.97 Å². The number of carbonyl (C=O) groups excluding carboxylic acids is 1. The second-order valence-electron chi connectivity index (χ2n) is 8.90. The number of likely N-dealkylation sites (tertiary alicyclic amines) is 1. The average Bonchev–Trinajstić information content (AvgIpc) is 2.67. The molecule has 0 aromatic heterocycles. The topological polar surface area (TPSA) is 71.3 Å². The highest BCUT2D eigenvalue weighted by molar-refractivity contribution is 5.75. The molecule has 1 saturated heterocycles. The van der Waals surface area contributed by atoms with Crippen LogP contribution in [0.2, 0.25) is 0 Å². The zero-order chi connectivity index (χ0) is 21.2. The fourth-order valence-electron chi connectivity index (χ4n) is 3.48. The van der Waals surface area contributed by atoms with Crippen LogP contribution in [0.4, 0.5) is 5.69 Å². The van der Waals surface area contributed by atoms with E-state index in [2.05, 4.69) is 11.9 Å². The van der Waals surface area contributed by atoms with Crippen LogP contribution >= 0.6 is 0 Å². The second-order valence-corrected chi connectivity index (χ2v) is 8.90. The van der Waals surface area contributed by atoms with Crippen LogP contribution in [0.25, 0.3) is 0 Å². The van der Waals surface area contributed by atoms with Gasteiger partial charge in [0.2, 0.25) is 0 Å². The van der Waals surface area contributed by atoms with E-state index in [0.29, 0.717) is 23.7 Å². The van der Waals surface area contributed by atoms with Crippen LogP contribution in [0.3, 0.4) is 0 Å². The number of hydrogen-bond donors (Lipinski definition) is 0. The third-order valence-corrected chi connectivity index (χ3v) is 5.32. The molecule has 0 radical (unpaired) electrons. The minimum absolute atomic E-state index is 0.0635. The molecule has 0 saturated carbocycles. The van der Waals surface area contributed by atoms with Crippen LogP contribution in [0, 0.1) is 10.3 Å². The number of esters is 1. The molecule has 29 heavy (non-hydrogen) atoms. The number of ether oxygens (including phenoxy) is 3. The molecule has 1 aromatic carbocycles. The number of rotatable bonds is 5. The monoisotopic (exact) mass is 406 g/mol. The van der Waals surface area contributed by atoms with Crippen molar-refractivity contribution in [2.24, 2.45) is 5.41 Å². The maximum atomic E-state index is 12.7. The molecule has 1 fully saturated rings. The first kappa shape index (κ1) is 21.5. The molecule has 2 aliphatic rings. The first-order valence-corrected chi connectivity index (χ1v) is 10.1. The third kappa shape index (κ3) is 5.25. The molecule has 2 aliphatic heterocycles. The fourth-order valence-corrected chi connectivity index (χ4v) is 3.48. The van der Waals surface area contributed by atoms with Gasteiger partial charge in [-0.25, -0.2) is 4.90 Å². The van der Waals surface area contributed by atoms with Crippen molar-refractivity contribution < 1.29 is 23.8 Å². The molecule has 160 valence electrons. The van der Waals surface area contributed by atoms with E-state index >= 15 is 0 Å². The molecule has 8 heteroatoms. The molecule has 0 bridgehead atoms. The lowest BCUT2D eigenvalue weighted by Gasteiger charge is -2.31. The summed E-state index contributed by atoms with van der Waals surface area (Å²) in [5.41, 5.74) is 0.768. The minimum Gasteiger partial charge on any atom is -0.496 e. The lowest BCUT2D eigenvalue weighted by molar-refractivity contribution is -0.499. The Balaban J connectivity index is 1.78. The molecule has 2 heterocycles. The Morgan fingerprint density at radius 3 is 2.55 bits per heavy atom. The van der Waals surface area contributed by atoms with Crippen LogP contribution in [0.5, 0.6) is 11.5 Å². The lowest BCUT2D eigenvalue weighted by Crippen LogP contribution is -2.39. The zero-order valence-electron chi connectivity index (χ0n) is 18.1. The average molecular weight is 407 g/mol. The van der Waals surface area contributed by atoms with E-state index in [1.54, 1.807) is 38.8 Å². The number of methoxy groups -OCH3 is 1. The van der Waals surface area contributed by atoms with E-state index in [4.69, 9.17) is 14.2 Å². The molecule has 3 rings (SSSR count). The standard InChI is InChI=1S/C21H32N3O5/c1-21(2,3)20(25)28-14-23-12-17-18(24(26)13-23)10-16(27-5)11-19(17)29-15-6-8-22(4)9-7-15/h10-11,15H,6-9,12-14H2,1-5H3/q+1. The highest BCUT2D eigenvalue weighted by Crippen LogP contribution is 2.38. The summed E-state index contributed by atoms with van der Waals surface area (Å²) in [4.78, 5) is 28.9. The first-order chi connectivity index (χ1) is 13.7. The zero-order valence-corrected chi connectivity index (χ0v) is 18.1. The van der Waals surface area contributed by atoms with Crippen molar-refractivity contribution in [3.8, 4) is 11.5 Å². The minimum atomic E-state index is -0.583. The van der Waals surface area contributed by atoms with Crippen molar-refractivity contribution >= 4 is 11.7 Å². The molecule has 0 aliphatic carbocycles. The summed E-state index contributed by atoms with van der Waals surface area (Å²) in [5.74, 6) is 0.972. The van der Waals surface area contributed by atoms with E-state index in [0.717, 1.165) is 36.3 Å². The van der Waals surface area contributed by atoms with Gasteiger partial charge in [0.25, 0.3) is 12.4 Å². The number of fused-ring (bicyclic) bond motifs is 1. The Hall–Kier alpha value is -2.19. The van der Waals surface area contributed by atoms with Gasteiger partial charge in [0.15, 0.2) is 0 Å². The van der Waals surface area contributed by atoms with Gasteiger partial charge in [-0.3, -0.25) is 4.79 Å². The van der Waals surface area contributed by atoms with Crippen LogP contribution in [0.1, 0.15) is 39.2 Å². The summed E-state index contributed by atoms with van der Waals surface area (Å²) in [6.45, 7) is 8.04. The van der Waals surface area contributed by atoms with Gasteiger partial charge < -0.3 is 19.1 Å². The quantitative estimate of drug-likeness (QED) is 0.550. The van der Waals surface area contributed by atoms with Crippen molar-refractivity contribution in [1.82, 2.24) is 9.80 Å². The summed E-state index contributed by atoms with van der Waals surface area (Å²) in [5, 5.41) is 0. The van der Waals surface area contributed by atoms with Crippen LogP contribution in [0.15, 0.2) is 12.1 Å². The van der Waals surface area contributed by atoms with Gasteiger partial charge in [-0.1, -0.05) is 0 Å². The highest BCUT2D eigenvalue weighted by atomic mass is 16.5. The summed E-state index contributed by atoms with van der Waals surface area (Å²) < 4.78 is 18.0. The predicted molar refractivity (Wildman–Crippen MR) is 108 cm³/mol. The maximum absolute atomic E-state index is 12.7. The Labute approximate surface area is 172 Å². The van der Waals surface area contributed by atoms with Gasteiger partial charge in [-0.05, 0) is 40.7 Å². The summed E-state index contributed by atoms with van der Waals surface area (Å²) in [6.07, 6.45) is 1.99. The van der Waals surface area contributed by atoms with E-state index < -0.39 is 5.41 Å². The smallest absolute Gasteiger partial charge is 0.312 e. The Morgan fingerprint density at radius 2 is 1.93 bits per heavy atom. The number of piperidine rings is 1. The van der Waals surface area contributed by atoms with Gasteiger partial charge in [0.05, 0.1) is 28.9 Å². The molecule has 0 spiro atoms. The van der Waals surface area contributed by atoms with E-state index in [9.17, 15) is 9.70 Å². The van der Waals surface area contributed by atoms with Crippen molar-refractivity contribution in [2.75, 3.05) is 40.6 Å². The number of benzene rings is 1. The summed E-state index contributed by atoms with van der Waals surface area (Å²) in [6, 6.07) is 3.58. The van der Waals surface area contributed by atoms with Gasteiger partial charge in [-0.2, -0.15) is 0 Å². The fraction of sp³-hybridized carbons (Fsp3) is 0.667. The third-order valence-electron chi connectivity index (χ3n) is 5.32. The summed E-state index contributed by atoms with van der Waals surface area (Å²) >= 11 is 0. The molecule has 0 amide bonds. The van der Waals surface area contributed by atoms with E-state index in [1.165, 1.54) is 0 Å². The first-order valence-electron chi connectivity index (χ1n) is 10.1. The number of carbonyl (C=O) groups is 1. The van der Waals surface area contributed by atoms with E-state index in [1.807, 2.05) is 6.07 Å². The Morgan fingerprint density at radius 1 is 1.24 bits per heavy atom. The largest absolute Gasteiger partial charge is 0.496 e. The van der Waals surface area contributed by atoms with Crippen LogP contribution in [-0.4, -0.2) is 67.3 Å². The van der Waals surface area contributed by atoms with E-state index in [-0.39, 0.29) is 25.5 Å². The van der Waals surface area contributed by atoms with Crippen molar-refractivity contribution in [3.63, 3.8) is 0 Å². The second kappa shape index (κ2) is 8.67. The van der Waals surface area contributed by atoms with Crippen molar-refractivity contribution in [2.45, 2.75) is 46.3 Å². The molecule has 0 N–H and O–H groups in total. The number of nitroso groups, excluding NO2 is 1.